The third-order valence-electron chi connectivity index (χ3n) is 3.65. The lowest BCUT2D eigenvalue weighted by atomic mass is 10.1. The molecule has 0 fully saturated rings. The van der Waals surface area contributed by atoms with Crippen LogP contribution >= 0.6 is 0 Å². The molecule has 0 radical (unpaired) electrons. The van der Waals surface area contributed by atoms with Crippen LogP contribution in [-0.2, 0) is 0 Å². The summed E-state index contributed by atoms with van der Waals surface area (Å²) in [5.74, 6) is 0.863. The first-order chi connectivity index (χ1) is 11.5. The molecular weight excluding hydrogens is 311 g/mol. The normalized spacial score (nSPS) is 11.9. The molecule has 0 saturated heterocycles. The summed E-state index contributed by atoms with van der Waals surface area (Å²) in [7, 11) is 1.53. The van der Waals surface area contributed by atoms with Gasteiger partial charge in [0.1, 0.15) is 29.0 Å². The Balaban J connectivity index is 1.95. The summed E-state index contributed by atoms with van der Waals surface area (Å²) in [6.45, 7) is 1.86. The molecule has 3 N–H and O–H groups in total. The quantitative estimate of drug-likeness (QED) is 0.764. The van der Waals surface area contributed by atoms with Gasteiger partial charge in [0, 0.05) is 11.8 Å². The minimum atomic E-state index is -0.349. The third-order valence-corrected chi connectivity index (χ3v) is 3.65. The molecule has 0 amide bonds. The summed E-state index contributed by atoms with van der Waals surface area (Å²) >= 11 is 0. The standard InChI is InChI=1S/C16H15FN6O/c1-9(11-7-10(17)3-4-13(11)24-2)20-14-5-6-23-16(21-14)12(8-18)15(19)22-23/h3-7,9H,1-2H3,(H2,19,22)(H,20,21)/t9-/m1/s1. The first kappa shape index (κ1) is 15.6. The van der Waals surface area contributed by atoms with Gasteiger partial charge in [-0.3, -0.25) is 0 Å². The average Bonchev–Trinajstić information content (AvgIpc) is 2.89. The Morgan fingerprint density at radius 2 is 2.21 bits per heavy atom. The second-order valence-corrected chi connectivity index (χ2v) is 5.21. The predicted molar refractivity (Wildman–Crippen MR) is 87.1 cm³/mol. The molecule has 24 heavy (non-hydrogen) atoms. The van der Waals surface area contributed by atoms with Crippen LogP contribution < -0.4 is 15.8 Å². The number of nitrogens with one attached hydrogen (secondary N) is 1. The molecule has 8 heteroatoms. The lowest BCUT2D eigenvalue weighted by molar-refractivity contribution is 0.406. The van der Waals surface area contributed by atoms with Crippen LogP contribution in [0.1, 0.15) is 24.1 Å². The number of benzene rings is 1. The Bertz CT molecular complexity index is 946. The van der Waals surface area contributed by atoms with E-state index in [2.05, 4.69) is 15.4 Å². The van der Waals surface area contributed by atoms with E-state index < -0.39 is 0 Å². The molecule has 0 aliphatic rings. The van der Waals surface area contributed by atoms with Crippen LogP contribution in [0, 0.1) is 17.1 Å². The van der Waals surface area contributed by atoms with E-state index in [0.717, 1.165) is 0 Å². The molecule has 2 aromatic heterocycles. The molecule has 7 nitrogen and oxygen atoms in total. The van der Waals surface area contributed by atoms with Crippen molar-refractivity contribution in [2.24, 2.45) is 0 Å². The molecule has 0 saturated carbocycles. The minimum Gasteiger partial charge on any atom is -0.496 e. The zero-order chi connectivity index (χ0) is 17.3. The van der Waals surface area contributed by atoms with Crippen LogP contribution in [0.15, 0.2) is 30.5 Å². The zero-order valence-electron chi connectivity index (χ0n) is 13.1. The molecule has 3 rings (SSSR count). The highest BCUT2D eigenvalue weighted by molar-refractivity contribution is 5.67. The largest absolute Gasteiger partial charge is 0.496 e. The lowest BCUT2D eigenvalue weighted by Crippen LogP contribution is -2.10. The van der Waals surface area contributed by atoms with Crippen molar-refractivity contribution in [1.82, 2.24) is 14.6 Å². The monoisotopic (exact) mass is 326 g/mol. The molecule has 2 heterocycles. The van der Waals surface area contributed by atoms with E-state index in [1.807, 2.05) is 13.0 Å². The highest BCUT2D eigenvalue weighted by atomic mass is 19.1. The van der Waals surface area contributed by atoms with Gasteiger partial charge in [0.15, 0.2) is 11.5 Å². The summed E-state index contributed by atoms with van der Waals surface area (Å²) in [4.78, 5) is 4.36. The highest BCUT2D eigenvalue weighted by Crippen LogP contribution is 2.28. The molecule has 1 atom stereocenters. The van der Waals surface area contributed by atoms with Crippen molar-refractivity contribution in [3.63, 3.8) is 0 Å². The average molecular weight is 326 g/mol. The van der Waals surface area contributed by atoms with Crippen LogP contribution in [0.25, 0.3) is 5.65 Å². The van der Waals surface area contributed by atoms with Gasteiger partial charge in [0.25, 0.3) is 0 Å². The predicted octanol–water partition coefficient (Wildman–Crippen LogP) is 2.50. The molecule has 1 aromatic carbocycles. The van der Waals surface area contributed by atoms with E-state index in [1.165, 1.54) is 23.8 Å². The highest BCUT2D eigenvalue weighted by Gasteiger charge is 2.15. The number of nitrogen functional groups attached to an aromatic ring is 1. The van der Waals surface area contributed by atoms with Crippen LogP contribution in [0.5, 0.6) is 5.75 Å². The van der Waals surface area contributed by atoms with Crippen LogP contribution in [-0.4, -0.2) is 21.7 Å². The van der Waals surface area contributed by atoms with E-state index in [1.54, 1.807) is 18.3 Å². The van der Waals surface area contributed by atoms with Gasteiger partial charge in [0.05, 0.1) is 13.2 Å². The first-order valence-electron chi connectivity index (χ1n) is 7.18. The fourth-order valence-corrected chi connectivity index (χ4v) is 2.48. The molecule has 122 valence electrons. The molecular formula is C16H15FN6O. The second-order valence-electron chi connectivity index (χ2n) is 5.21. The number of halogens is 1. The number of nitrogens with two attached hydrogens (primary N) is 1. The number of hydrogen-bond acceptors (Lipinski definition) is 6. The van der Waals surface area contributed by atoms with Crippen molar-refractivity contribution < 1.29 is 9.13 Å². The van der Waals surface area contributed by atoms with Gasteiger partial charge in [-0.2, -0.15) is 5.26 Å². The van der Waals surface area contributed by atoms with Gasteiger partial charge in [-0.15, -0.1) is 5.10 Å². The zero-order valence-corrected chi connectivity index (χ0v) is 13.1. The van der Waals surface area contributed by atoms with Crippen molar-refractivity contribution in [3.05, 3.63) is 47.4 Å². The van der Waals surface area contributed by atoms with E-state index >= 15 is 0 Å². The summed E-state index contributed by atoms with van der Waals surface area (Å²) in [6.07, 6.45) is 1.65. The minimum absolute atomic E-state index is 0.127. The number of nitriles is 1. The van der Waals surface area contributed by atoms with Crippen LogP contribution in [0.3, 0.4) is 0 Å². The maximum atomic E-state index is 13.5. The van der Waals surface area contributed by atoms with Gasteiger partial charge in [-0.1, -0.05) is 0 Å². The van der Waals surface area contributed by atoms with E-state index in [0.29, 0.717) is 22.8 Å². The summed E-state index contributed by atoms with van der Waals surface area (Å²) in [5.41, 5.74) is 6.92. The van der Waals surface area contributed by atoms with E-state index in [-0.39, 0.29) is 23.2 Å². The summed E-state index contributed by atoms with van der Waals surface area (Å²) < 4.78 is 20.2. The molecule has 0 aliphatic carbocycles. The molecule has 0 spiro atoms. The number of ether oxygens (including phenoxy) is 1. The Kier molecular flexibility index (Phi) is 3.92. The summed E-state index contributed by atoms with van der Waals surface area (Å²) in [5, 5.41) is 16.3. The Hall–Kier alpha value is -3.34. The summed E-state index contributed by atoms with van der Waals surface area (Å²) in [6, 6.07) is 7.74. The van der Waals surface area contributed by atoms with E-state index in [9.17, 15) is 4.39 Å². The fraction of sp³-hybridized carbons (Fsp3) is 0.188. The number of rotatable bonds is 4. The molecule has 3 aromatic rings. The maximum Gasteiger partial charge on any atom is 0.177 e. The fourth-order valence-electron chi connectivity index (χ4n) is 2.48. The van der Waals surface area contributed by atoms with Gasteiger partial charge in [-0.25, -0.2) is 13.9 Å². The van der Waals surface area contributed by atoms with Crippen molar-refractivity contribution in [3.8, 4) is 11.8 Å². The van der Waals surface area contributed by atoms with Crippen molar-refractivity contribution in [2.45, 2.75) is 13.0 Å². The SMILES string of the molecule is COc1ccc(F)cc1[C@@H](C)Nc1ccn2nc(N)c(C#N)c2n1. The number of nitrogens with zero attached hydrogens (tertiary/aromatic N) is 4. The molecule has 0 unspecified atom stereocenters. The van der Waals surface area contributed by atoms with Crippen LogP contribution in [0.2, 0.25) is 0 Å². The number of aromatic nitrogens is 3. The lowest BCUT2D eigenvalue weighted by Gasteiger charge is -2.18. The van der Waals surface area contributed by atoms with Gasteiger partial charge in [0.2, 0.25) is 0 Å². The van der Waals surface area contributed by atoms with E-state index in [4.69, 9.17) is 15.7 Å². The third kappa shape index (κ3) is 2.67. The number of methoxy groups -OCH3 is 1. The van der Waals surface area contributed by atoms with Crippen molar-refractivity contribution >= 4 is 17.3 Å². The van der Waals surface area contributed by atoms with Crippen molar-refractivity contribution in [1.29, 1.82) is 5.26 Å². The Morgan fingerprint density at radius 1 is 1.42 bits per heavy atom. The topological polar surface area (TPSA) is 101 Å². The maximum absolute atomic E-state index is 13.5. The smallest absolute Gasteiger partial charge is 0.177 e. The van der Waals surface area contributed by atoms with Crippen LogP contribution in [0.4, 0.5) is 16.0 Å². The second kappa shape index (κ2) is 6.04. The van der Waals surface area contributed by atoms with Gasteiger partial charge in [-0.05, 0) is 31.2 Å². The Morgan fingerprint density at radius 3 is 2.92 bits per heavy atom. The Labute approximate surface area is 137 Å². The number of hydrogen-bond donors (Lipinski definition) is 2. The van der Waals surface area contributed by atoms with Gasteiger partial charge >= 0.3 is 0 Å². The molecule has 0 aliphatic heterocycles. The first-order valence-corrected chi connectivity index (χ1v) is 7.18. The number of anilines is 2. The molecule has 0 bridgehead atoms. The van der Waals surface area contributed by atoms with Crippen molar-refractivity contribution in [2.75, 3.05) is 18.2 Å². The van der Waals surface area contributed by atoms with Gasteiger partial charge < -0.3 is 15.8 Å². The number of fused-ring (bicyclic) bond motifs is 1.